The Morgan fingerprint density at radius 1 is 1.25 bits per heavy atom. The number of methoxy groups -OCH3 is 1. The largest absolute Gasteiger partial charge is 0.465 e. The lowest BCUT2D eigenvalue weighted by molar-refractivity contribution is 0.0601. The zero-order valence-corrected chi connectivity index (χ0v) is 14.9. The molecule has 0 aliphatic rings. The van der Waals surface area contributed by atoms with E-state index in [9.17, 15) is 4.79 Å². The summed E-state index contributed by atoms with van der Waals surface area (Å²) in [5.74, 6) is -0.423. The van der Waals surface area contributed by atoms with Crippen LogP contribution in [-0.2, 0) is 4.74 Å². The maximum Gasteiger partial charge on any atom is 0.337 e. The Morgan fingerprint density at radius 2 is 2.04 bits per heavy atom. The molecule has 5 nitrogen and oxygen atoms in total. The van der Waals surface area contributed by atoms with Gasteiger partial charge in [-0.15, -0.1) is 0 Å². The number of benzene rings is 2. The summed E-state index contributed by atoms with van der Waals surface area (Å²) < 4.78 is 4.67. The first-order chi connectivity index (χ1) is 11.5. The van der Waals surface area contributed by atoms with Gasteiger partial charge >= 0.3 is 5.97 Å². The van der Waals surface area contributed by atoms with E-state index in [0.29, 0.717) is 26.9 Å². The number of thiocarbonyl (C=S) groups is 1. The van der Waals surface area contributed by atoms with Crippen molar-refractivity contribution in [3.63, 3.8) is 0 Å². The van der Waals surface area contributed by atoms with Gasteiger partial charge in [0, 0.05) is 16.3 Å². The summed E-state index contributed by atoms with van der Waals surface area (Å²) in [6.07, 6.45) is 1.53. The highest BCUT2D eigenvalue weighted by molar-refractivity contribution is 7.80. The fraction of sp³-hybridized carbons (Fsp3) is 0.0625. The van der Waals surface area contributed by atoms with Crippen LogP contribution in [0.25, 0.3) is 0 Å². The zero-order valence-electron chi connectivity index (χ0n) is 12.5. The molecule has 8 heteroatoms. The van der Waals surface area contributed by atoms with Gasteiger partial charge in [0.05, 0.1) is 23.9 Å². The molecule has 124 valence electrons. The number of nitrogens with zero attached hydrogens (tertiary/aromatic N) is 1. The molecule has 0 aromatic heterocycles. The van der Waals surface area contributed by atoms with Gasteiger partial charge in [-0.3, -0.25) is 5.43 Å². The number of esters is 1. The van der Waals surface area contributed by atoms with Crippen molar-refractivity contribution < 1.29 is 9.53 Å². The van der Waals surface area contributed by atoms with Crippen LogP contribution < -0.4 is 10.7 Å². The highest BCUT2D eigenvalue weighted by Gasteiger charge is 2.06. The van der Waals surface area contributed by atoms with E-state index in [0.717, 1.165) is 0 Å². The minimum atomic E-state index is -0.423. The number of carbonyl (C=O) groups is 1. The third kappa shape index (κ3) is 5.19. The Hall–Kier alpha value is -2.15. The molecule has 0 aliphatic carbocycles. The number of rotatable bonds is 4. The first kappa shape index (κ1) is 18.2. The van der Waals surface area contributed by atoms with E-state index < -0.39 is 5.97 Å². The maximum absolute atomic E-state index is 11.5. The molecule has 0 fully saturated rings. The molecule has 0 saturated heterocycles. The van der Waals surface area contributed by atoms with Gasteiger partial charge in [-0.1, -0.05) is 35.3 Å². The van der Waals surface area contributed by atoms with Crippen LogP contribution >= 0.6 is 35.4 Å². The van der Waals surface area contributed by atoms with Crippen LogP contribution in [0.2, 0.25) is 10.0 Å². The average molecular weight is 382 g/mol. The second-order valence-corrected chi connectivity index (χ2v) is 5.81. The highest BCUT2D eigenvalue weighted by Crippen LogP contribution is 2.19. The third-order valence-electron chi connectivity index (χ3n) is 2.87. The standard InChI is InChI=1S/C16H13Cl2N3O2S/c1-23-15(22)10-3-2-4-13(7-10)20-16(24)21-19-9-11-5-6-12(17)8-14(11)18/h2-9H,1H3,(H2,20,21,24)/b19-9-. The maximum atomic E-state index is 11.5. The van der Waals surface area contributed by atoms with Crippen LogP contribution in [0.5, 0.6) is 0 Å². The van der Waals surface area contributed by atoms with Crippen LogP contribution in [0.15, 0.2) is 47.6 Å². The zero-order chi connectivity index (χ0) is 17.5. The van der Waals surface area contributed by atoms with E-state index in [1.165, 1.54) is 13.3 Å². The smallest absolute Gasteiger partial charge is 0.337 e. The molecule has 0 unspecified atom stereocenters. The Balaban J connectivity index is 1.96. The highest BCUT2D eigenvalue weighted by atomic mass is 35.5. The number of halogens is 2. The lowest BCUT2D eigenvalue weighted by Gasteiger charge is -2.08. The summed E-state index contributed by atoms with van der Waals surface area (Å²) in [6, 6.07) is 11.8. The molecule has 0 spiro atoms. The van der Waals surface area contributed by atoms with E-state index in [2.05, 4.69) is 20.6 Å². The predicted octanol–water partition coefficient (Wildman–Crippen LogP) is 4.10. The first-order valence-corrected chi connectivity index (χ1v) is 7.89. The minimum Gasteiger partial charge on any atom is -0.465 e. The van der Waals surface area contributed by atoms with Crippen LogP contribution in [0.1, 0.15) is 15.9 Å². The molecule has 0 heterocycles. The first-order valence-electron chi connectivity index (χ1n) is 6.73. The second-order valence-electron chi connectivity index (χ2n) is 4.56. The second kappa shape index (κ2) is 8.63. The fourth-order valence-electron chi connectivity index (χ4n) is 1.77. The Kier molecular flexibility index (Phi) is 6.54. The summed E-state index contributed by atoms with van der Waals surface area (Å²) in [5, 5.41) is 8.22. The Bertz CT molecular complexity index is 797. The number of hydrogen-bond donors (Lipinski definition) is 2. The molecule has 0 atom stereocenters. The lowest BCUT2D eigenvalue weighted by Crippen LogP contribution is -2.24. The molecule has 24 heavy (non-hydrogen) atoms. The van der Waals surface area contributed by atoms with Crippen molar-refractivity contribution in [1.82, 2.24) is 5.43 Å². The van der Waals surface area contributed by atoms with Crippen LogP contribution in [-0.4, -0.2) is 24.4 Å². The summed E-state index contributed by atoms with van der Waals surface area (Å²) in [4.78, 5) is 11.5. The van der Waals surface area contributed by atoms with Gasteiger partial charge in [-0.05, 0) is 42.5 Å². The molecule has 2 N–H and O–H groups in total. The molecule has 2 aromatic rings. The van der Waals surface area contributed by atoms with Crippen molar-refractivity contribution >= 4 is 58.4 Å². The lowest BCUT2D eigenvalue weighted by atomic mass is 10.2. The Morgan fingerprint density at radius 3 is 2.75 bits per heavy atom. The van der Waals surface area contributed by atoms with Crippen molar-refractivity contribution in [2.24, 2.45) is 5.10 Å². The molecule has 2 aromatic carbocycles. The van der Waals surface area contributed by atoms with E-state index in [1.807, 2.05) is 0 Å². The number of hydrazone groups is 1. The Labute approximate surface area is 154 Å². The molecule has 2 rings (SSSR count). The molecular weight excluding hydrogens is 369 g/mol. The van der Waals surface area contributed by atoms with Gasteiger partial charge in [0.25, 0.3) is 0 Å². The number of nitrogens with one attached hydrogen (secondary N) is 2. The van der Waals surface area contributed by atoms with Gasteiger partial charge in [-0.25, -0.2) is 4.79 Å². The molecular formula is C16H13Cl2N3O2S. The summed E-state index contributed by atoms with van der Waals surface area (Å²) in [7, 11) is 1.32. The van der Waals surface area contributed by atoms with Crippen molar-refractivity contribution in [3.8, 4) is 0 Å². The number of hydrogen-bond acceptors (Lipinski definition) is 4. The summed E-state index contributed by atoms with van der Waals surface area (Å²) in [5.41, 5.74) is 4.42. The van der Waals surface area contributed by atoms with Gasteiger partial charge in [-0.2, -0.15) is 5.10 Å². The summed E-state index contributed by atoms with van der Waals surface area (Å²) in [6.45, 7) is 0. The van der Waals surface area contributed by atoms with Gasteiger partial charge in [0.15, 0.2) is 5.11 Å². The summed E-state index contributed by atoms with van der Waals surface area (Å²) >= 11 is 17.0. The van der Waals surface area contributed by atoms with Crippen molar-refractivity contribution in [2.75, 3.05) is 12.4 Å². The predicted molar refractivity (Wildman–Crippen MR) is 101 cm³/mol. The van der Waals surface area contributed by atoms with Crippen LogP contribution in [0, 0.1) is 0 Å². The molecule has 0 bridgehead atoms. The molecule has 0 amide bonds. The topological polar surface area (TPSA) is 62.7 Å². The quantitative estimate of drug-likeness (QED) is 0.361. The van der Waals surface area contributed by atoms with E-state index in [-0.39, 0.29) is 5.11 Å². The fourth-order valence-corrected chi connectivity index (χ4v) is 2.40. The van der Waals surface area contributed by atoms with Crippen LogP contribution in [0.4, 0.5) is 5.69 Å². The molecule has 0 radical (unpaired) electrons. The van der Waals surface area contributed by atoms with Crippen molar-refractivity contribution in [2.45, 2.75) is 0 Å². The number of carbonyl (C=O) groups excluding carboxylic acids is 1. The van der Waals surface area contributed by atoms with Crippen LogP contribution in [0.3, 0.4) is 0 Å². The SMILES string of the molecule is COC(=O)c1cccc(NC(=S)N/N=C\c2ccc(Cl)cc2Cl)c1. The molecule has 0 aliphatic heterocycles. The van der Waals surface area contributed by atoms with Crippen molar-refractivity contribution in [3.05, 3.63) is 63.6 Å². The van der Waals surface area contributed by atoms with Gasteiger partial charge in [0.1, 0.15) is 0 Å². The minimum absolute atomic E-state index is 0.262. The van der Waals surface area contributed by atoms with E-state index >= 15 is 0 Å². The average Bonchev–Trinajstić information content (AvgIpc) is 2.56. The monoisotopic (exact) mass is 381 g/mol. The van der Waals surface area contributed by atoms with E-state index in [4.69, 9.17) is 35.4 Å². The van der Waals surface area contributed by atoms with Crippen molar-refractivity contribution in [1.29, 1.82) is 0 Å². The third-order valence-corrected chi connectivity index (χ3v) is 3.63. The number of anilines is 1. The van der Waals surface area contributed by atoms with Gasteiger partial charge < -0.3 is 10.1 Å². The normalized spacial score (nSPS) is 10.5. The number of ether oxygens (including phenoxy) is 1. The van der Waals surface area contributed by atoms with E-state index in [1.54, 1.807) is 42.5 Å². The molecule has 0 saturated carbocycles. The van der Waals surface area contributed by atoms with Gasteiger partial charge in [0.2, 0.25) is 0 Å².